The predicted octanol–water partition coefficient (Wildman–Crippen LogP) is 3.67. The summed E-state index contributed by atoms with van der Waals surface area (Å²) < 4.78 is 0. The van der Waals surface area contributed by atoms with Crippen molar-refractivity contribution in [3.8, 4) is 0 Å². The largest absolute Gasteiger partial charge is 0.321 e. The molecule has 0 bridgehead atoms. The van der Waals surface area contributed by atoms with Gasteiger partial charge in [0.05, 0.1) is 0 Å². The van der Waals surface area contributed by atoms with Crippen LogP contribution >= 0.6 is 0 Å². The molecule has 0 aliphatic heterocycles. The summed E-state index contributed by atoms with van der Waals surface area (Å²) >= 11 is 0. The van der Waals surface area contributed by atoms with Crippen molar-refractivity contribution >= 4 is 0 Å². The summed E-state index contributed by atoms with van der Waals surface area (Å²) in [4.78, 5) is 0. The van der Waals surface area contributed by atoms with Crippen molar-refractivity contribution in [1.82, 2.24) is 0 Å². The fourth-order valence-corrected chi connectivity index (χ4v) is 3.05. The SMILES string of the molecule is CCC1CCC(N)(c2cc(C)ccc2C)C1. The molecule has 2 unspecified atom stereocenters. The third-order valence-electron chi connectivity index (χ3n) is 4.16. The molecule has 1 aromatic rings. The van der Waals surface area contributed by atoms with E-state index in [1.54, 1.807) is 0 Å². The molecule has 2 rings (SSSR count). The van der Waals surface area contributed by atoms with Gasteiger partial charge in [-0.05, 0) is 50.2 Å². The minimum atomic E-state index is -0.0588. The highest BCUT2D eigenvalue weighted by atomic mass is 14.8. The quantitative estimate of drug-likeness (QED) is 0.803. The van der Waals surface area contributed by atoms with Crippen molar-refractivity contribution < 1.29 is 0 Å². The Kier molecular flexibility index (Phi) is 3.07. The summed E-state index contributed by atoms with van der Waals surface area (Å²) in [5.74, 6) is 0.824. The number of rotatable bonds is 2. The van der Waals surface area contributed by atoms with E-state index < -0.39 is 0 Å². The molecular formula is C15H23N. The zero-order valence-electron chi connectivity index (χ0n) is 10.7. The van der Waals surface area contributed by atoms with Gasteiger partial charge in [0.2, 0.25) is 0 Å². The minimum Gasteiger partial charge on any atom is -0.321 e. The lowest BCUT2D eigenvalue weighted by Crippen LogP contribution is -2.34. The van der Waals surface area contributed by atoms with Crippen LogP contribution in [0.4, 0.5) is 0 Å². The second-order valence-electron chi connectivity index (χ2n) is 5.49. The van der Waals surface area contributed by atoms with Gasteiger partial charge in [0.25, 0.3) is 0 Å². The Morgan fingerprint density at radius 3 is 2.75 bits per heavy atom. The molecule has 1 saturated carbocycles. The standard InChI is InChI=1S/C15H23N/c1-4-13-7-8-15(16,10-13)14-9-11(2)5-6-12(14)3/h5-6,9,13H,4,7-8,10,16H2,1-3H3. The Bertz CT molecular complexity index is 383. The van der Waals surface area contributed by atoms with Crippen LogP contribution in [0.15, 0.2) is 18.2 Å². The van der Waals surface area contributed by atoms with E-state index in [1.165, 1.54) is 29.5 Å². The number of hydrogen-bond acceptors (Lipinski definition) is 1. The number of nitrogens with two attached hydrogens (primary N) is 1. The Balaban J connectivity index is 2.33. The lowest BCUT2D eigenvalue weighted by atomic mass is 9.84. The predicted molar refractivity (Wildman–Crippen MR) is 69.4 cm³/mol. The molecule has 2 atom stereocenters. The van der Waals surface area contributed by atoms with Crippen molar-refractivity contribution in [3.05, 3.63) is 34.9 Å². The summed E-state index contributed by atoms with van der Waals surface area (Å²) in [6, 6.07) is 6.67. The Morgan fingerprint density at radius 2 is 2.12 bits per heavy atom. The van der Waals surface area contributed by atoms with Crippen molar-refractivity contribution in [1.29, 1.82) is 0 Å². The van der Waals surface area contributed by atoms with Crippen molar-refractivity contribution in [2.24, 2.45) is 11.7 Å². The molecule has 0 saturated heterocycles. The molecule has 0 aromatic heterocycles. The van der Waals surface area contributed by atoms with Crippen LogP contribution in [0, 0.1) is 19.8 Å². The molecule has 1 aliphatic carbocycles. The fourth-order valence-electron chi connectivity index (χ4n) is 3.05. The van der Waals surface area contributed by atoms with Crippen LogP contribution in [0.5, 0.6) is 0 Å². The highest BCUT2D eigenvalue weighted by Gasteiger charge is 2.37. The molecule has 0 amide bonds. The van der Waals surface area contributed by atoms with E-state index in [1.807, 2.05) is 0 Å². The van der Waals surface area contributed by atoms with E-state index in [-0.39, 0.29) is 5.54 Å². The third-order valence-corrected chi connectivity index (χ3v) is 4.16. The summed E-state index contributed by atoms with van der Waals surface area (Å²) in [7, 11) is 0. The maximum atomic E-state index is 6.62. The van der Waals surface area contributed by atoms with Crippen LogP contribution in [0.3, 0.4) is 0 Å². The lowest BCUT2D eigenvalue weighted by molar-refractivity contribution is 0.422. The molecule has 1 aromatic carbocycles. The molecule has 1 fully saturated rings. The Hall–Kier alpha value is -0.820. The monoisotopic (exact) mass is 217 g/mol. The topological polar surface area (TPSA) is 26.0 Å². The first-order chi connectivity index (χ1) is 7.55. The summed E-state index contributed by atoms with van der Waals surface area (Å²) in [6.07, 6.45) is 4.87. The maximum Gasteiger partial charge on any atom is 0.0415 e. The average molecular weight is 217 g/mol. The zero-order valence-corrected chi connectivity index (χ0v) is 10.7. The smallest absolute Gasteiger partial charge is 0.0415 e. The van der Waals surface area contributed by atoms with E-state index in [9.17, 15) is 0 Å². The maximum absolute atomic E-state index is 6.62. The number of benzene rings is 1. The van der Waals surface area contributed by atoms with Crippen LogP contribution in [0.1, 0.15) is 49.3 Å². The van der Waals surface area contributed by atoms with Crippen LogP contribution < -0.4 is 5.73 Å². The first-order valence-electron chi connectivity index (χ1n) is 6.42. The van der Waals surface area contributed by atoms with E-state index in [4.69, 9.17) is 5.73 Å². The Labute approximate surface area is 99.0 Å². The number of hydrogen-bond donors (Lipinski definition) is 1. The minimum absolute atomic E-state index is 0.0588. The molecule has 1 aliphatic rings. The van der Waals surface area contributed by atoms with E-state index in [0.29, 0.717) is 0 Å². The molecule has 1 nitrogen and oxygen atoms in total. The van der Waals surface area contributed by atoms with Gasteiger partial charge in [-0.15, -0.1) is 0 Å². The summed E-state index contributed by atoms with van der Waals surface area (Å²) in [5.41, 5.74) is 10.6. The average Bonchev–Trinajstić information content (AvgIpc) is 2.65. The third kappa shape index (κ3) is 2.01. The van der Waals surface area contributed by atoms with Crippen molar-refractivity contribution in [2.45, 2.75) is 52.0 Å². The highest BCUT2D eigenvalue weighted by Crippen LogP contribution is 2.42. The second kappa shape index (κ2) is 4.21. The normalized spacial score (nSPS) is 29.6. The van der Waals surface area contributed by atoms with Gasteiger partial charge < -0.3 is 5.73 Å². The van der Waals surface area contributed by atoms with E-state index in [0.717, 1.165) is 18.8 Å². The van der Waals surface area contributed by atoms with Gasteiger partial charge in [0.1, 0.15) is 0 Å². The molecule has 0 radical (unpaired) electrons. The van der Waals surface area contributed by atoms with E-state index >= 15 is 0 Å². The first-order valence-corrected chi connectivity index (χ1v) is 6.42. The molecule has 88 valence electrons. The molecular weight excluding hydrogens is 194 g/mol. The van der Waals surface area contributed by atoms with Gasteiger partial charge in [-0.2, -0.15) is 0 Å². The van der Waals surface area contributed by atoms with Crippen LogP contribution in [0.25, 0.3) is 0 Å². The van der Waals surface area contributed by atoms with Crippen molar-refractivity contribution in [3.63, 3.8) is 0 Å². The highest BCUT2D eigenvalue weighted by molar-refractivity contribution is 5.36. The zero-order chi connectivity index (χ0) is 11.8. The van der Waals surface area contributed by atoms with Crippen LogP contribution in [-0.2, 0) is 5.54 Å². The summed E-state index contributed by atoms with van der Waals surface area (Å²) in [5, 5.41) is 0. The van der Waals surface area contributed by atoms with Gasteiger partial charge in [-0.1, -0.05) is 37.1 Å². The van der Waals surface area contributed by atoms with Gasteiger partial charge in [-0.25, -0.2) is 0 Å². The molecule has 0 spiro atoms. The van der Waals surface area contributed by atoms with Gasteiger partial charge >= 0.3 is 0 Å². The fraction of sp³-hybridized carbons (Fsp3) is 0.600. The Morgan fingerprint density at radius 1 is 1.38 bits per heavy atom. The van der Waals surface area contributed by atoms with Gasteiger partial charge in [0.15, 0.2) is 0 Å². The van der Waals surface area contributed by atoms with Crippen molar-refractivity contribution in [2.75, 3.05) is 0 Å². The summed E-state index contributed by atoms with van der Waals surface area (Å²) in [6.45, 7) is 6.61. The van der Waals surface area contributed by atoms with Gasteiger partial charge in [-0.3, -0.25) is 0 Å². The first kappa shape index (κ1) is 11.7. The lowest BCUT2D eigenvalue weighted by Gasteiger charge is -2.27. The molecule has 16 heavy (non-hydrogen) atoms. The van der Waals surface area contributed by atoms with Gasteiger partial charge in [0, 0.05) is 5.54 Å². The second-order valence-corrected chi connectivity index (χ2v) is 5.49. The number of aryl methyl sites for hydroxylation is 2. The van der Waals surface area contributed by atoms with E-state index in [2.05, 4.69) is 39.0 Å². The molecule has 2 N–H and O–H groups in total. The van der Waals surface area contributed by atoms with Crippen LogP contribution in [-0.4, -0.2) is 0 Å². The molecule has 0 heterocycles. The molecule has 1 heteroatoms. The van der Waals surface area contributed by atoms with Crippen LogP contribution in [0.2, 0.25) is 0 Å².